The van der Waals surface area contributed by atoms with Crippen LogP contribution in [0.5, 0.6) is 0 Å². The zero-order chi connectivity index (χ0) is 14.8. The van der Waals surface area contributed by atoms with Gasteiger partial charge in [0.2, 0.25) is 0 Å². The number of aromatic nitrogens is 2. The van der Waals surface area contributed by atoms with Crippen LogP contribution in [0.2, 0.25) is 0 Å². The molecule has 0 spiro atoms. The monoisotopic (exact) mass is 331 g/mol. The van der Waals surface area contributed by atoms with Gasteiger partial charge >= 0.3 is 0 Å². The fraction of sp³-hybridized carbons (Fsp3) is 0.375. The van der Waals surface area contributed by atoms with Gasteiger partial charge in [-0.3, -0.25) is 0 Å². The van der Waals surface area contributed by atoms with Crippen molar-refractivity contribution in [2.75, 3.05) is 17.6 Å². The molecule has 1 aliphatic carbocycles. The lowest BCUT2D eigenvalue weighted by Crippen LogP contribution is -2.06. The molecule has 0 aromatic carbocycles. The number of nitrogens with one attached hydrogen (secondary N) is 1. The Hall–Kier alpha value is -1.53. The number of hydrogen-bond donors (Lipinski definition) is 1. The van der Waals surface area contributed by atoms with Crippen molar-refractivity contribution >= 4 is 39.1 Å². The lowest BCUT2D eigenvalue weighted by Gasteiger charge is -2.07. The van der Waals surface area contributed by atoms with Crippen molar-refractivity contribution in [3.05, 3.63) is 40.9 Å². The lowest BCUT2D eigenvalue weighted by molar-refractivity contribution is 0.530. The number of hydrogen-bond acceptors (Lipinski definition) is 6. The highest BCUT2D eigenvalue weighted by Gasteiger charge is 2.20. The van der Waals surface area contributed by atoms with Crippen LogP contribution in [0.15, 0.2) is 29.1 Å². The van der Waals surface area contributed by atoms with Gasteiger partial charge in [-0.15, -0.1) is 11.3 Å². The van der Waals surface area contributed by atoms with Crippen molar-refractivity contribution in [3.63, 3.8) is 0 Å². The third-order valence-electron chi connectivity index (χ3n) is 3.86. The van der Waals surface area contributed by atoms with Crippen LogP contribution < -0.4 is 5.32 Å². The number of rotatable bonds is 6. The molecule has 0 saturated carbocycles. The average molecular weight is 331 g/mol. The fourth-order valence-corrected chi connectivity index (χ4v) is 4.86. The number of nitrogens with zero attached hydrogens (tertiary/aromatic N) is 2. The second-order valence-electron chi connectivity index (χ2n) is 5.32. The average Bonchev–Trinajstić information content (AvgIpc) is 3.23. The Balaban J connectivity index is 1.39. The SMILES string of the molecule is c1coc(CSCCNc2ncnc3sc4c(c23)CCC4)c1. The van der Waals surface area contributed by atoms with Crippen LogP contribution in [0.4, 0.5) is 5.82 Å². The smallest absolute Gasteiger partial charge is 0.138 e. The highest BCUT2D eigenvalue weighted by Crippen LogP contribution is 2.38. The van der Waals surface area contributed by atoms with Crippen LogP contribution >= 0.6 is 23.1 Å². The molecule has 0 fully saturated rings. The van der Waals surface area contributed by atoms with Crippen molar-refractivity contribution in [3.8, 4) is 0 Å². The molecular weight excluding hydrogens is 314 g/mol. The van der Waals surface area contributed by atoms with Gasteiger partial charge in [-0.2, -0.15) is 11.8 Å². The molecular formula is C16H17N3OS2. The molecule has 0 aliphatic heterocycles. The van der Waals surface area contributed by atoms with E-state index in [2.05, 4.69) is 15.3 Å². The van der Waals surface area contributed by atoms with Crippen molar-refractivity contribution in [2.24, 2.45) is 0 Å². The number of fused-ring (bicyclic) bond motifs is 3. The molecule has 1 aliphatic rings. The molecule has 0 radical (unpaired) electrons. The Morgan fingerprint density at radius 3 is 3.23 bits per heavy atom. The Morgan fingerprint density at radius 2 is 2.32 bits per heavy atom. The zero-order valence-electron chi connectivity index (χ0n) is 12.2. The van der Waals surface area contributed by atoms with Gasteiger partial charge in [0.15, 0.2) is 0 Å². The molecule has 0 bridgehead atoms. The normalized spacial score (nSPS) is 13.6. The topological polar surface area (TPSA) is 51.0 Å². The first kappa shape index (κ1) is 14.1. The van der Waals surface area contributed by atoms with Crippen LogP contribution in [0.25, 0.3) is 10.2 Å². The minimum Gasteiger partial charge on any atom is -0.468 e. The summed E-state index contributed by atoms with van der Waals surface area (Å²) < 4.78 is 5.34. The molecule has 4 rings (SSSR count). The molecule has 3 heterocycles. The number of thioether (sulfide) groups is 1. The number of thiophene rings is 1. The summed E-state index contributed by atoms with van der Waals surface area (Å²) >= 11 is 3.70. The van der Waals surface area contributed by atoms with Crippen molar-refractivity contribution in [1.29, 1.82) is 0 Å². The van der Waals surface area contributed by atoms with Gasteiger partial charge in [0.1, 0.15) is 22.7 Å². The van der Waals surface area contributed by atoms with Crippen LogP contribution in [0, 0.1) is 0 Å². The second kappa shape index (κ2) is 6.30. The summed E-state index contributed by atoms with van der Waals surface area (Å²) in [6.07, 6.45) is 7.04. The molecule has 6 heteroatoms. The van der Waals surface area contributed by atoms with E-state index in [0.29, 0.717) is 0 Å². The molecule has 22 heavy (non-hydrogen) atoms. The van der Waals surface area contributed by atoms with Gasteiger partial charge in [0, 0.05) is 17.2 Å². The minimum absolute atomic E-state index is 0.905. The fourth-order valence-electron chi connectivity index (χ4n) is 2.87. The molecule has 0 amide bonds. The lowest BCUT2D eigenvalue weighted by atomic mass is 10.2. The maximum atomic E-state index is 5.34. The van der Waals surface area contributed by atoms with Crippen molar-refractivity contribution in [2.45, 2.75) is 25.0 Å². The molecule has 0 atom stereocenters. The van der Waals surface area contributed by atoms with E-state index in [-0.39, 0.29) is 0 Å². The molecule has 1 N–H and O–H groups in total. The Kier molecular flexibility index (Phi) is 4.03. The van der Waals surface area contributed by atoms with E-state index in [1.807, 2.05) is 35.2 Å². The van der Waals surface area contributed by atoms with Gasteiger partial charge in [0.25, 0.3) is 0 Å². The van der Waals surface area contributed by atoms with E-state index in [4.69, 9.17) is 4.42 Å². The molecule has 0 saturated heterocycles. The third-order valence-corrected chi connectivity index (χ3v) is 6.05. The first-order chi connectivity index (χ1) is 10.9. The summed E-state index contributed by atoms with van der Waals surface area (Å²) in [6, 6.07) is 3.95. The van der Waals surface area contributed by atoms with Crippen LogP contribution in [0.3, 0.4) is 0 Å². The molecule has 0 unspecified atom stereocenters. The van der Waals surface area contributed by atoms with Gasteiger partial charge < -0.3 is 9.73 Å². The van der Waals surface area contributed by atoms with Gasteiger partial charge in [-0.05, 0) is 37.0 Å². The summed E-state index contributed by atoms with van der Waals surface area (Å²) in [7, 11) is 0. The Morgan fingerprint density at radius 1 is 1.32 bits per heavy atom. The van der Waals surface area contributed by atoms with E-state index < -0.39 is 0 Å². The highest BCUT2D eigenvalue weighted by atomic mass is 32.2. The maximum absolute atomic E-state index is 5.34. The maximum Gasteiger partial charge on any atom is 0.138 e. The number of furan rings is 1. The molecule has 114 valence electrons. The summed E-state index contributed by atoms with van der Waals surface area (Å²) in [4.78, 5) is 11.5. The summed E-state index contributed by atoms with van der Waals surface area (Å²) in [5.74, 6) is 3.98. The van der Waals surface area contributed by atoms with Gasteiger partial charge in [0.05, 0.1) is 17.4 Å². The first-order valence-corrected chi connectivity index (χ1v) is 9.48. The Labute approximate surface area is 137 Å². The van der Waals surface area contributed by atoms with E-state index in [0.717, 1.165) is 34.5 Å². The predicted molar refractivity (Wildman–Crippen MR) is 92.8 cm³/mol. The van der Waals surface area contributed by atoms with E-state index >= 15 is 0 Å². The standard InChI is InChI=1S/C16H17N3OS2/c1-4-12-13(5-1)22-16-14(12)15(18-10-19-16)17-6-8-21-9-11-3-2-7-20-11/h2-3,7,10H,1,4-6,8-9H2,(H,17,18,19). The molecule has 3 aromatic heterocycles. The first-order valence-electron chi connectivity index (χ1n) is 7.51. The minimum atomic E-state index is 0.905. The predicted octanol–water partition coefficient (Wildman–Crippen LogP) is 4.12. The van der Waals surface area contributed by atoms with Gasteiger partial charge in [-0.1, -0.05) is 0 Å². The second-order valence-corrected chi connectivity index (χ2v) is 7.51. The summed E-state index contributed by atoms with van der Waals surface area (Å²) in [6.45, 7) is 0.905. The van der Waals surface area contributed by atoms with Crippen molar-refractivity contribution < 1.29 is 4.42 Å². The van der Waals surface area contributed by atoms with E-state index in [9.17, 15) is 0 Å². The summed E-state index contributed by atoms with van der Waals surface area (Å²) in [5, 5.41) is 4.75. The summed E-state index contributed by atoms with van der Waals surface area (Å²) in [5.41, 5.74) is 1.48. The Bertz CT molecular complexity index is 767. The molecule has 4 nitrogen and oxygen atoms in total. The molecule has 3 aromatic rings. The largest absolute Gasteiger partial charge is 0.468 e. The van der Waals surface area contributed by atoms with Crippen LogP contribution in [-0.2, 0) is 18.6 Å². The third kappa shape index (κ3) is 2.73. The van der Waals surface area contributed by atoms with Crippen LogP contribution in [0.1, 0.15) is 22.6 Å². The quantitative estimate of drug-likeness (QED) is 0.689. The van der Waals surface area contributed by atoms with Crippen molar-refractivity contribution in [1.82, 2.24) is 9.97 Å². The van der Waals surface area contributed by atoms with E-state index in [1.165, 1.54) is 35.1 Å². The zero-order valence-corrected chi connectivity index (χ0v) is 13.8. The van der Waals surface area contributed by atoms with Gasteiger partial charge in [-0.25, -0.2) is 9.97 Å². The van der Waals surface area contributed by atoms with Crippen LogP contribution in [-0.4, -0.2) is 22.3 Å². The number of aryl methyl sites for hydroxylation is 2. The van der Waals surface area contributed by atoms with E-state index in [1.54, 1.807) is 12.6 Å². The number of anilines is 1. The highest BCUT2D eigenvalue weighted by molar-refractivity contribution is 7.98.